The van der Waals surface area contributed by atoms with Crippen LogP contribution in [0.1, 0.15) is 6.92 Å². The molecular weight excluding hydrogens is 396 g/mol. The van der Waals surface area contributed by atoms with Gasteiger partial charge in [-0.1, -0.05) is 23.7 Å². The van der Waals surface area contributed by atoms with Crippen molar-refractivity contribution in [3.8, 4) is 0 Å². The predicted molar refractivity (Wildman–Crippen MR) is 110 cm³/mol. The van der Waals surface area contributed by atoms with Gasteiger partial charge in [0.25, 0.3) is 5.56 Å². The number of nitrogens with zero attached hydrogens (tertiary/aromatic N) is 2. The molecule has 0 aliphatic heterocycles. The first-order valence-corrected chi connectivity index (χ1v) is 9.04. The Balaban J connectivity index is 1.56. The van der Waals surface area contributed by atoms with Crippen LogP contribution in [0, 0.1) is 0 Å². The molecule has 146 valence electrons. The van der Waals surface area contributed by atoms with E-state index in [1.807, 2.05) is 12.1 Å². The molecule has 29 heavy (non-hydrogen) atoms. The number of carbonyl (C=O) groups is 2. The van der Waals surface area contributed by atoms with Gasteiger partial charge in [-0.15, -0.1) is 0 Å². The molecule has 4 aromatic rings. The molecule has 2 aromatic heterocycles. The Bertz CT molecular complexity index is 1330. The van der Waals surface area contributed by atoms with Crippen LogP contribution in [0.3, 0.4) is 0 Å². The van der Waals surface area contributed by atoms with Gasteiger partial charge in [-0.05, 0) is 30.3 Å². The van der Waals surface area contributed by atoms with Crippen molar-refractivity contribution in [1.29, 1.82) is 0 Å². The summed E-state index contributed by atoms with van der Waals surface area (Å²) in [6.45, 7) is 1.12. The average Bonchev–Trinajstić information content (AvgIpc) is 3.05. The number of carbonyl (C=O) groups excluding carboxylic acids is 2. The zero-order valence-corrected chi connectivity index (χ0v) is 16.0. The van der Waals surface area contributed by atoms with Gasteiger partial charge in [0.2, 0.25) is 17.4 Å². The van der Waals surface area contributed by atoms with Crippen molar-refractivity contribution >= 4 is 56.9 Å². The van der Waals surface area contributed by atoms with Crippen LogP contribution >= 0.6 is 11.6 Å². The molecule has 2 heterocycles. The molecule has 9 heteroatoms. The summed E-state index contributed by atoms with van der Waals surface area (Å²) in [6.07, 6.45) is 1.31. The maximum atomic E-state index is 12.7. The lowest BCUT2D eigenvalue weighted by Gasteiger charge is -2.10. The Morgan fingerprint density at radius 3 is 2.72 bits per heavy atom. The van der Waals surface area contributed by atoms with Gasteiger partial charge in [-0.2, -0.15) is 0 Å². The van der Waals surface area contributed by atoms with Gasteiger partial charge in [0, 0.05) is 18.0 Å². The van der Waals surface area contributed by atoms with Crippen molar-refractivity contribution in [3.63, 3.8) is 0 Å². The number of aromatic nitrogens is 2. The molecule has 0 fully saturated rings. The number of halogens is 1. The molecule has 0 aliphatic carbocycles. The molecule has 0 spiro atoms. The Hall–Kier alpha value is -3.65. The number of fused-ring (bicyclic) bond motifs is 3. The number of nitrogens with one attached hydrogen (secondary N) is 2. The Labute approximate surface area is 169 Å². The predicted octanol–water partition coefficient (Wildman–Crippen LogP) is 3.39. The largest absolute Gasteiger partial charge is 0.448 e. The second-order valence-corrected chi connectivity index (χ2v) is 6.78. The number of para-hydroxylation sites is 1. The van der Waals surface area contributed by atoms with E-state index in [0.29, 0.717) is 22.5 Å². The Morgan fingerprint density at radius 1 is 1.17 bits per heavy atom. The molecule has 0 bridgehead atoms. The smallest absolute Gasteiger partial charge is 0.297 e. The highest BCUT2D eigenvalue weighted by atomic mass is 35.5. The Kier molecular flexibility index (Phi) is 4.77. The lowest BCUT2D eigenvalue weighted by atomic mass is 10.2. The zero-order chi connectivity index (χ0) is 20.5. The van der Waals surface area contributed by atoms with Crippen LogP contribution in [0.4, 0.5) is 11.4 Å². The first kappa shape index (κ1) is 18.7. The Morgan fingerprint density at radius 2 is 1.97 bits per heavy atom. The van der Waals surface area contributed by atoms with Crippen molar-refractivity contribution < 1.29 is 14.0 Å². The van der Waals surface area contributed by atoms with E-state index in [-0.39, 0.29) is 23.1 Å². The van der Waals surface area contributed by atoms with Crippen LogP contribution in [0.5, 0.6) is 0 Å². The highest BCUT2D eigenvalue weighted by molar-refractivity contribution is 6.34. The maximum Gasteiger partial charge on any atom is 0.297 e. The topological polar surface area (TPSA) is 106 Å². The SMILES string of the molecule is CC(=O)Nc1ccc(NC(=O)Cn2cnc3c(oc4ccccc43)c2=O)c(Cl)c1. The van der Waals surface area contributed by atoms with E-state index in [2.05, 4.69) is 15.6 Å². The summed E-state index contributed by atoms with van der Waals surface area (Å²) < 4.78 is 6.77. The zero-order valence-electron chi connectivity index (χ0n) is 15.2. The van der Waals surface area contributed by atoms with Crippen LogP contribution in [0.25, 0.3) is 22.1 Å². The molecule has 2 aromatic carbocycles. The molecule has 4 rings (SSSR count). The third-order valence-electron chi connectivity index (χ3n) is 4.23. The third-order valence-corrected chi connectivity index (χ3v) is 4.54. The van der Waals surface area contributed by atoms with Crippen LogP contribution in [-0.2, 0) is 16.1 Å². The highest BCUT2D eigenvalue weighted by Crippen LogP contribution is 2.26. The molecule has 8 nitrogen and oxygen atoms in total. The van der Waals surface area contributed by atoms with E-state index in [1.54, 1.807) is 24.3 Å². The molecule has 0 aliphatic rings. The number of rotatable bonds is 4. The van der Waals surface area contributed by atoms with E-state index < -0.39 is 11.5 Å². The lowest BCUT2D eigenvalue weighted by Crippen LogP contribution is -2.27. The molecule has 0 radical (unpaired) electrons. The quantitative estimate of drug-likeness (QED) is 0.536. The minimum absolute atomic E-state index is 0.0965. The highest BCUT2D eigenvalue weighted by Gasteiger charge is 2.15. The second kappa shape index (κ2) is 7.40. The number of benzene rings is 2. The van der Waals surface area contributed by atoms with E-state index in [9.17, 15) is 14.4 Å². The molecule has 0 unspecified atom stereocenters. The van der Waals surface area contributed by atoms with Crippen LogP contribution in [-0.4, -0.2) is 21.4 Å². The normalized spacial score (nSPS) is 11.0. The monoisotopic (exact) mass is 410 g/mol. The minimum atomic E-state index is -0.460. The summed E-state index contributed by atoms with van der Waals surface area (Å²) >= 11 is 6.15. The molecule has 2 N–H and O–H groups in total. The number of amides is 2. The standard InChI is InChI=1S/C20H15ClN4O4/c1-11(26)23-12-6-7-15(14(21)8-12)24-17(27)9-25-10-22-18-13-4-2-3-5-16(13)29-19(18)20(25)28/h2-8,10H,9H2,1H3,(H,23,26)(H,24,27). The summed E-state index contributed by atoms with van der Waals surface area (Å²) in [5.74, 6) is -0.691. The van der Waals surface area contributed by atoms with Gasteiger partial charge in [0.15, 0.2) is 0 Å². The molecule has 2 amide bonds. The van der Waals surface area contributed by atoms with E-state index >= 15 is 0 Å². The molecule has 0 atom stereocenters. The summed E-state index contributed by atoms with van der Waals surface area (Å²) in [5.41, 5.74) is 1.53. The minimum Gasteiger partial charge on any atom is -0.448 e. The molecular formula is C20H15ClN4O4. The van der Waals surface area contributed by atoms with Crippen LogP contribution < -0.4 is 16.2 Å². The van der Waals surface area contributed by atoms with Gasteiger partial charge >= 0.3 is 0 Å². The molecule has 0 saturated heterocycles. The summed E-state index contributed by atoms with van der Waals surface area (Å²) in [7, 11) is 0. The first-order valence-electron chi connectivity index (χ1n) is 8.66. The van der Waals surface area contributed by atoms with Crippen molar-refractivity contribution in [2.24, 2.45) is 0 Å². The van der Waals surface area contributed by atoms with Gasteiger partial charge < -0.3 is 15.1 Å². The second-order valence-electron chi connectivity index (χ2n) is 6.38. The van der Waals surface area contributed by atoms with Gasteiger partial charge in [-0.25, -0.2) is 4.98 Å². The van der Waals surface area contributed by atoms with Crippen molar-refractivity contribution in [2.45, 2.75) is 13.5 Å². The van der Waals surface area contributed by atoms with Gasteiger partial charge in [0.1, 0.15) is 17.6 Å². The van der Waals surface area contributed by atoms with E-state index in [0.717, 1.165) is 5.39 Å². The summed E-state index contributed by atoms with van der Waals surface area (Å²) in [5, 5.41) is 6.23. The first-order chi connectivity index (χ1) is 13.9. The fourth-order valence-corrected chi connectivity index (χ4v) is 3.20. The summed E-state index contributed by atoms with van der Waals surface area (Å²) in [4.78, 5) is 40.5. The van der Waals surface area contributed by atoms with Crippen LogP contribution in [0.15, 0.2) is 58.0 Å². The summed E-state index contributed by atoms with van der Waals surface area (Å²) in [6, 6.07) is 11.9. The van der Waals surface area contributed by atoms with Crippen LogP contribution in [0.2, 0.25) is 5.02 Å². The molecule has 0 saturated carbocycles. The fourth-order valence-electron chi connectivity index (χ4n) is 2.97. The van der Waals surface area contributed by atoms with Gasteiger partial charge in [0.05, 0.1) is 17.0 Å². The van der Waals surface area contributed by atoms with Gasteiger partial charge in [-0.3, -0.25) is 19.0 Å². The van der Waals surface area contributed by atoms with E-state index in [4.69, 9.17) is 16.0 Å². The lowest BCUT2D eigenvalue weighted by molar-refractivity contribution is -0.117. The maximum absolute atomic E-state index is 12.7. The fraction of sp³-hybridized carbons (Fsp3) is 0.100. The van der Waals surface area contributed by atoms with E-state index in [1.165, 1.54) is 23.9 Å². The average molecular weight is 411 g/mol. The number of hydrogen-bond donors (Lipinski definition) is 2. The number of hydrogen-bond acceptors (Lipinski definition) is 5. The van der Waals surface area contributed by atoms with Crippen molar-refractivity contribution in [3.05, 3.63) is 64.2 Å². The van der Waals surface area contributed by atoms with Crippen molar-refractivity contribution in [2.75, 3.05) is 10.6 Å². The number of anilines is 2. The number of furan rings is 1. The third kappa shape index (κ3) is 3.70. The van der Waals surface area contributed by atoms with Crippen molar-refractivity contribution in [1.82, 2.24) is 9.55 Å².